The molecule has 0 unspecified atom stereocenters. The quantitative estimate of drug-likeness (QED) is 0.0598. The molecule has 2 atom stereocenters. The van der Waals surface area contributed by atoms with Crippen molar-refractivity contribution < 1.29 is 14.2 Å². The van der Waals surface area contributed by atoms with Crippen LogP contribution in [-0.4, -0.2) is 115 Å². The topological polar surface area (TPSA) is 78.9 Å². The van der Waals surface area contributed by atoms with E-state index in [1.165, 1.54) is 127 Å². The fourth-order valence-electron chi connectivity index (χ4n) is 19.1. The molecule has 12 heteroatoms. The van der Waals surface area contributed by atoms with Crippen molar-refractivity contribution in [1.29, 1.82) is 0 Å². The van der Waals surface area contributed by atoms with E-state index < -0.39 is 32.3 Å². The second-order valence-electron chi connectivity index (χ2n) is 39.9. The molecule has 8 aromatic rings. The summed E-state index contributed by atoms with van der Waals surface area (Å²) in [7, 11) is -5.97. The number of ether oxygens (including phenoxy) is 3. The van der Waals surface area contributed by atoms with Gasteiger partial charge in [0.2, 0.25) is 0 Å². The van der Waals surface area contributed by atoms with Gasteiger partial charge in [-0.2, -0.15) is 4.99 Å². The SMILES string of the molecule is C1CCOC1.C1CCOC1.C1CCOC1.CC(C)c1cccc(C(C)C)c1N=C1C([N-]c2c(C(C)C)cccc2C(C)C)=C2C=C[C@@H](C([Si](C)(C)C)[Si](C)(C)C)c3cccc1c32.CC(C)c1cccc(C(C)C)c1N=c1c(=Nc2c(C(C)C)cccc2C(C)C)[c+]2c3c(cccc13)[C@H](C([Si](C)(C)C)[Si](C)(C)C)C=C2.[Ca].c1ccccc1. The Labute approximate surface area is 738 Å². The van der Waals surface area contributed by atoms with E-state index in [1.807, 2.05) is 36.4 Å². The Kier molecular flexibility index (Phi) is 35.4. The maximum atomic E-state index is 5.75. The Morgan fingerprint density at radius 2 is 0.681 bits per heavy atom. The first kappa shape index (κ1) is 95.9. The molecule has 6 aliphatic rings. The van der Waals surface area contributed by atoms with Gasteiger partial charge < -0.3 is 19.5 Å². The average Bonchev–Trinajstić information content (AvgIpc) is 1.56. The summed E-state index contributed by atoms with van der Waals surface area (Å²) in [6.45, 7) is 73.6. The van der Waals surface area contributed by atoms with Gasteiger partial charge >= 0.3 is 0 Å². The Balaban J connectivity index is 0.000000228. The van der Waals surface area contributed by atoms with E-state index in [0.717, 1.165) is 94.8 Å². The summed E-state index contributed by atoms with van der Waals surface area (Å²) >= 11 is 0. The Bertz CT molecular complexity index is 4580. The molecular formula is C104H148CaN4O3Si4. The van der Waals surface area contributed by atoms with Crippen LogP contribution in [0.4, 0.5) is 22.7 Å². The van der Waals surface area contributed by atoms with Gasteiger partial charge in [0.25, 0.3) is 0 Å². The molecule has 7 nitrogen and oxygen atoms in total. The third-order valence-corrected chi connectivity index (χ3v) is 43.0. The van der Waals surface area contributed by atoms with Crippen molar-refractivity contribution in [3.63, 3.8) is 0 Å². The van der Waals surface area contributed by atoms with Crippen molar-refractivity contribution in [2.75, 3.05) is 39.6 Å². The molecule has 0 spiro atoms. The predicted octanol–water partition coefficient (Wildman–Crippen LogP) is 30.3. The van der Waals surface area contributed by atoms with Gasteiger partial charge in [-0.05, 0) is 171 Å². The van der Waals surface area contributed by atoms with Crippen molar-refractivity contribution in [2.24, 2.45) is 15.0 Å². The van der Waals surface area contributed by atoms with Gasteiger partial charge in [-0.3, -0.25) is 0 Å². The molecule has 3 aliphatic carbocycles. The maximum Gasteiger partial charge on any atom is 0.187 e. The van der Waals surface area contributed by atoms with E-state index in [1.54, 1.807) is 0 Å². The van der Waals surface area contributed by atoms with E-state index in [4.69, 9.17) is 34.5 Å². The number of nitrogens with zero attached hydrogens (tertiary/aromatic N) is 4. The zero-order valence-corrected chi connectivity index (χ0v) is 83.5. The van der Waals surface area contributed by atoms with E-state index in [9.17, 15) is 0 Å². The number of para-hydroxylation sites is 4. The fourth-order valence-corrected chi connectivity index (χ4v) is 45.3. The molecule has 0 bridgehead atoms. The van der Waals surface area contributed by atoms with Crippen LogP contribution in [0, 0.1) is 0 Å². The Morgan fingerprint density at radius 1 is 0.362 bits per heavy atom. The van der Waals surface area contributed by atoms with Gasteiger partial charge in [-0.25, -0.2) is 9.98 Å². The minimum Gasteiger partial charge on any atom is -0.655 e. The van der Waals surface area contributed by atoms with Crippen LogP contribution in [0.3, 0.4) is 0 Å². The van der Waals surface area contributed by atoms with Crippen molar-refractivity contribution in [2.45, 2.75) is 297 Å². The first-order valence-corrected chi connectivity index (χ1v) is 58.7. The minimum absolute atomic E-state index is 0. The van der Waals surface area contributed by atoms with Crippen LogP contribution in [0.25, 0.3) is 27.7 Å². The number of benzene rings is 7. The summed E-state index contributed by atoms with van der Waals surface area (Å²) < 4.78 is 14.8. The number of aliphatic imine (C=N–C) groups is 1. The Morgan fingerprint density at radius 3 is 1.03 bits per heavy atom. The number of hydrogen-bond donors (Lipinski definition) is 0. The largest absolute Gasteiger partial charge is 0.655 e. The van der Waals surface area contributed by atoms with E-state index >= 15 is 0 Å². The van der Waals surface area contributed by atoms with Crippen LogP contribution in [0.1, 0.15) is 281 Å². The van der Waals surface area contributed by atoms with E-state index in [-0.39, 0.29) is 37.7 Å². The summed E-state index contributed by atoms with van der Waals surface area (Å²) in [5.41, 5.74) is 25.1. The monoisotopic (exact) mass is 1650 g/mol. The zero-order chi connectivity index (χ0) is 84.0. The van der Waals surface area contributed by atoms with Gasteiger partial charge in [-0.1, -0.05) is 340 Å². The van der Waals surface area contributed by atoms with Gasteiger partial charge in [0.05, 0.1) is 34.3 Å². The van der Waals surface area contributed by atoms with Crippen molar-refractivity contribution in [1.82, 2.24) is 0 Å². The molecule has 0 N–H and O–H groups in total. The maximum absolute atomic E-state index is 5.75. The predicted molar refractivity (Wildman–Crippen MR) is 519 cm³/mol. The molecule has 3 heterocycles. The normalized spacial score (nSPS) is 17.2. The molecule has 3 saturated heterocycles. The molecule has 8 aromatic carbocycles. The third-order valence-electron chi connectivity index (χ3n) is 23.7. The summed E-state index contributed by atoms with van der Waals surface area (Å²) in [5.74, 6) is 3.80. The third kappa shape index (κ3) is 23.8. The first-order valence-electron chi connectivity index (χ1n) is 44.3. The summed E-state index contributed by atoms with van der Waals surface area (Å²) in [6.07, 6.45) is 17.7. The van der Waals surface area contributed by atoms with Crippen LogP contribution in [0.5, 0.6) is 0 Å². The smallest absolute Gasteiger partial charge is 0.187 e. The molecule has 116 heavy (non-hydrogen) atoms. The van der Waals surface area contributed by atoms with Crippen LogP contribution < -0.4 is 10.7 Å². The molecule has 0 amide bonds. The van der Waals surface area contributed by atoms with Crippen molar-refractivity contribution in [3.05, 3.63) is 258 Å². The molecule has 3 aliphatic heterocycles. The summed E-state index contributed by atoms with van der Waals surface area (Å²) in [5, 5.41) is 11.9. The van der Waals surface area contributed by atoms with E-state index in [0.29, 0.717) is 59.2 Å². The molecule has 620 valence electrons. The molecular weight excluding hydrogens is 1510 g/mol. The molecule has 14 rings (SSSR count). The fraction of sp³-hybridized carbons (Fsp3) is 0.500. The second kappa shape index (κ2) is 42.8. The van der Waals surface area contributed by atoms with Gasteiger partial charge in [0.15, 0.2) is 10.7 Å². The second-order valence-corrected chi connectivity index (χ2v) is 62.5. The standard InChI is InChI=1S/2C43H59N2Si2.C6H6.3C4H8O.Ca/c2*1-26(2)30-18-15-19-31(27(3)4)39(30)44-41-36-23-17-22-34-35(43(46(9,10)11)47(12,13)14)24-25-37(38(34)36)42(41)45-40-32(28(5)6)20-16-21-33(40)29(7)8;1-2-4-6-5-3-1;3*1-2-4-5-3-1;/h2*15-29,35,43H,1-14H3;1-6H;3*1-4H2;/q-1;+1;;;;;/t2*35-;;;;;/m11...../s1. The zero-order valence-electron chi connectivity index (χ0n) is 77.3. The Hall–Kier alpha value is -5.55. The average molecular weight is 1650 g/mol. The molecule has 2 radical (unpaired) electrons. The van der Waals surface area contributed by atoms with Crippen LogP contribution in [0.2, 0.25) is 88.9 Å². The van der Waals surface area contributed by atoms with Crippen LogP contribution in [0.15, 0.2) is 184 Å². The number of allylic oxidation sites excluding steroid dienone is 5. The first-order chi connectivity index (χ1) is 54.4. The van der Waals surface area contributed by atoms with Gasteiger partial charge in [0, 0.05) is 133 Å². The summed E-state index contributed by atoms with van der Waals surface area (Å²) in [6, 6.07) is 53.1. The van der Waals surface area contributed by atoms with Crippen molar-refractivity contribution >= 4 is 121 Å². The number of hydrogen-bond acceptors (Lipinski definition) is 6. The minimum atomic E-state index is -1.49. The van der Waals surface area contributed by atoms with Crippen molar-refractivity contribution in [3.8, 4) is 0 Å². The van der Waals surface area contributed by atoms with Crippen LogP contribution in [-0.2, 0) is 14.2 Å². The van der Waals surface area contributed by atoms with Crippen LogP contribution >= 0.6 is 0 Å². The van der Waals surface area contributed by atoms with Gasteiger partial charge in [0.1, 0.15) is 10.8 Å². The molecule has 3 fully saturated rings. The molecule has 0 aromatic heterocycles. The number of rotatable bonds is 19. The summed E-state index contributed by atoms with van der Waals surface area (Å²) in [4.78, 5) is 17.3. The van der Waals surface area contributed by atoms with Gasteiger partial charge in [-0.15, -0.1) is 11.4 Å². The van der Waals surface area contributed by atoms with E-state index in [2.05, 4.69) is 323 Å². The molecule has 0 saturated carbocycles.